The van der Waals surface area contributed by atoms with Gasteiger partial charge in [0, 0.05) is 10.6 Å². The van der Waals surface area contributed by atoms with Gasteiger partial charge in [0.1, 0.15) is 11.5 Å². The van der Waals surface area contributed by atoms with Gasteiger partial charge in [0.15, 0.2) is 0 Å². The lowest BCUT2D eigenvalue weighted by Gasteiger charge is -2.07. The molecule has 32 heavy (non-hydrogen) atoms. The number of halogens is 1. The van der Waals surface area contributed by atoms with Crippen LogP contribution in [0.15, 0.2) is 77.9 Å². The van der Waals surface area contributed by atoms with Crippen molar-refractivity contribution in [3.63, 3.8) is 0 Å². The predicted molar refractivity (Wildman–Crippen MR) is 125 cm³/mol. The van der Waals surface area contributed by atoms with Crippen LogP contribution in [0.3, 0.4) is 0 Å². The molecule has 0 aliphatic carbocycles. The zero-order valence-corrected chi connectivity index (χ0v) is 18.3. The van der Waals surface area contributed by atoms with E-state index in [4.69, 9.17) is 21.1 Å². The number of benzene rings is 3. The molecule has 0 fully saturated rings. The number of hydrogen-bond donors (Lipinski definition) is 1. The maximum Gasteiger partial charge on any atom is 0.343 e. The fourth-order valence-electron chi connectivity index (χ4n) is 2.67. The van der Waals surface area contributed by atoms with Gasteiger partial charge < -0.3 is 9.47 Å². The highest BCUT2D eigenvalue weighted by molar-refractivity contribution is 6.30. The maximum atomic E-state index is 12.3. The largest absolute Gasteiger partial charge is 0.494 e. The Morgan fingerprint density at radius 1 is 0.969 bits per heavy atom. The topological polar surface area (TPSA) is 77.0 Å². The highest BCUT2D eigenvalue weighted by Gasteiger charge is 2.09. The summed E-state index contributed by atoms with van der Waals surface area (Å²) in [6, 6.07) is 20.2. The third kappa shape index (κ3) is 6.96. The van der Waals surface area contributed by atoms with Gasteiger partial charge in [-0.25, -0.2) is 10.2 Å². The molecule has 0 spiro atoms. The summed E-state index contributed by atoms with van der Waals surface area (Å²) >= 11 is 5.88. The van der Waals surface area contributed by atoms with Crippen LogP contribution >= 0.6 is 11.6 Å². The van der Waals surface area contributed by atoms with E-state index in [-0.39, 0.29) is 5.91 Å². The first kappa shape index (κ1) is 23.0. The Kier molecular flexibility index (Phi) is 8.40. The molecule has 0 saturated heterocycles. The second kappa shape index (κ2) is 11.7. The number of carbonyl (C=O) groups is 2. The van der Waals surface area contributed by atoms with E-state index in [0.717, 1.165) is 24.2 Å². The van der Waals surface area contributed by atoms with Crippen molar-refractivity contribution in [2.75, 3.05) is 6.61 Å². The number of hydrazone groups is 1. The Bertz CT molecular complexity index is 1080. The summed E-state index contributed by atoms with van der Waals surface area (Å²) in [6.45, 7) is 2.75. The van der Waals surface area contributed by atoms with Crippen LogP contribution in [-0.2, 0) is 0 Å². The van der Waals surface area contributed by atoms with Crippen molar-refractivity contribution in [3.8, 4) is 11.5 Å². The van der Waals surface area contributed by atoms with Gasteiger partial charge in [-0.1, -0.05) is 31.0 Å². The van der Waals surface area contributed by atoms with E-state index in [2.05, 4.69) is 17.5 Å². The zero-order chi connectivity index (χ0) is 22.8. The molecule has 0 aliphatic heterocycles. The molecule has 6 nitrogen and oxygen atoms in total. The van der Waals surface area contributed by atoms with Gasteiger partial charge in [0.2, 0.25) is 0 Å². The van der Waals surface area contributed by atoms with Crippen LogP contribution in [0.1, 0.15) is 46.0 Å². The Morgan fingerprint density at radius 3 is 2.38 bits per heavy atom. The number of rotatable bonds is 9. The van der Waals surface area contributed by atoms with Crippen molar-refractivity contribution >= 4 is 29.7 Å². The van der Waals surface area contributed by atoms with E-state index in [1.165, 1.54) is 6.21 Å². The van der Waals surface area contributed by atoms with Gasteiger partial charge >= 0.3 is 5.97 Å². The van der Waals surface area contributed by atoms with Crippen LogP contribution in [0.25, 0.3) is 0 Å². The molecule has 0 radical (unpaired) electrons. The summed E-state index contributed by atoms with van der Waals surface area (Å²) < 4.78 is 11.0. The third-order valence-electron chi connectivity index (χ3n) is 4.41. The average Bonchev–Trinajstić information content (AvgIpc) is 2.81. The van der Waals surface area contributed by atoms with E-state index in [0.29, 0.717) is 28.5 Å². The van der Waals surface area contributed by atoms with Gasteiger partial charge in [-0.15, -0.1) is 0 Å². The van der Waals surface area contributed by atoms with Crippen molar-refractivity contribution in [1.29, 1.82) is 0 Å². The lowest BCUT2D eigenvalue weighted by molar-refractivity contribution is 0.0734. The quantitative estimate of drug-likeness (QED) is 0.153. The normalized spacial score (nSPS) is 10.7. The monoisotopic (exact) mass is 450 g/mol. The fraction of sp³-hybridized carbons (Fsp3) is 0.160. The summed E-state index contributed by atoms with van der Waals surface area (Å²) in [5.41, 5.74) is 4.01. The molecule has 164 valence electrons. The highest BCUT2D eigenvalue weighted by atomic mass is 35.5. The van der Waals surface area contributed by atoms with Crippen molar-refractivity contribution < 1.29 is 19.1 Å². The molecule has 1 N–H and O–H groups in total. The number of ether oxygens (including phenoxy) is 2. The SMILES string of the molecule is CCCCOc1ccc(C(=O)Oc2ccc(C=NNC(=O)c3cccc(Cl)c3)cc2)cc1. The fourth-order valence-corrected chi connectivity index (χ4v) is 2.86. The summed E-state index contributed by atoms with van der Waals surface area (Å²) in [4.78, 5) is 24.4. The van der Waals surface area contributed by atoms with Crippen molar-refractivity contribution in [1.82, 2.24) is 5.43 Å². The molecule has 3 aromatic rings. The summed E-state index contributed by atoms with van der Waals surface area (Å²) in [7, 11) is 0. The van der Waals surface area contributed by atoms with Crippen molar-refractivity contribution in [2.45, 2.75) is 19.8 Å². The Hall–Kier alpha value is -3.64. The molecule has 3 rings (SSSR count). The average molecular weight is 451 g/mol. The first-order valence-corrected chi connectivity index (χ1v) is 10.6. The molecule has 1 amide bonds. The van der Waals surface area contributed by atoms with E-state index in [1.54, 1.807) is 72.8 Å². The zero-order valence-electron chi connectivity index (χ0n) is 17.6. The first-order valence-electron chi connectivity index (χ1n) is 10.2. The van der Waals surface area contributed by atoms with Gasteiger partial charge in [-0.3, -0.25) is 4.79 Å². The first-order chi connectivity index (χ1) is 15.5. The van der Waals surface area contributed by atoms with Crippen LogP contribution < -0.4 is 14.9 Å². The number of nitrogens with zero attached hydrogens (tertiary/aromatic N) is 1. The van der Waals surface area contributed by atoms with Crippen molar-refractivity contribution in [2.24, 2.45) is 5.10 Å². The van der Waals surface area contributed by atoms with Crippen LogP contribution in [0.4, 0.5) is 0 Å². The summed E-state index contributed by atoms with van der Waals surface area (Å²) in [6.07, 6.45) is 3.54. The number of nitrogens with one attached hydrogen (secondary N) is 1. The molecule has 0 unspecified atom stereocenters. The van der Waals surface area contributed by atoms with Crippen LogP contribution in [-0.4, -0.2) is 24.7 Å². The van der Waals surface area contributed by atoms with E-state index < -0.39 is 5.97 Å². The van der Waals surface area contributed by atoms with E-state index in [9.17, 15) is 9.59 Å². The number of carbonyl (C=O) groups excluding carboxylic acids is 2. The molecular formula is C25H23ClN2O4. The van der Waals surface area contributed by atoms with E-state index >= 15 is 0 Å². The van der Waals surface area contributed by atoms with Gasteiger partial charge in [0.05, 0.1) is 18.4 Å². The number of amides is 1. The predicted octanol–water partition coefficient (Wildman–Crippen LogP) is 5.50. The smallest absolute Gasteiger partial charge is 0.343 e. The molecule has 0 bridgehead atoms. The minimum absolute atomic E-state index is 0.365. The molecule has 0 saturated carbocycles. The molecule has 3 aromatic carbocycles. The van der Waals surface area contributed by atoms with E-state index in [1.807, 2.05) is 0 Å². The third-order valence-corrected chi connectivity index (χ3v) is 4.65. The highest BCUT2D eigenvalue weighted by Crippen LogP contribution is 2.17. The lowest BCUT2D eigenvalue weighted by atomic mass is 10.2. The standard InChI is InChI=1S/C25H23ClN2O4/c1-2-3-15-31-22-13-9-19(10-14-22)25(30)32-23-11-7-18(8-12-23)17-27-28-24(29)20-5-4-6-21(26)16-20/h4-14,16-17H,2-3,15H2,1H3,(H,28,29). The number of hydrogen-bond acceptors (Lipinski definition) is 5. The minimum atomic E-state index is -0.458. The number of esters is 1. The van der Waals surface area contributed by atoms with Gasteiger partial charge in [0.25, 0.3) is 5.91 Å². The molecule has 7 heteroatoms. The summed E-state index contributed by atoms with van der Waals surface area (Å²) in [5, 5.41) is 4.41. The Labute approximate surface area is 191 Å². The van der Waals surface area contributed by atoms with Gasteiger partial charge in [-0.05, 0) is 78.7 Å². The number of unbranched alkanes of at least 4 members (excludes halogenated alkanes) is 1. The summed E-state index contributed by atoms with van der Waals surface area (Å²) in [5.74, 6) is 0.302. The van der Waals surface area contributed by atoms with Gasteiger partial charge in [-0.2, -0.15) is 5.10 Å². The molecule has 0 heterocycles. The Balaban J connectivity index is 1.51. The Morgan fingerprint density at radius 2 is 1.69 bits per heavy atom. The van der Waals surface area contributed by atoms with Crippen LogP contribution in [0, 0.1) is 0 Å². The van der Waals surface area contributed by atoms with Crippen LogP contribution in [0.5, 0.6) is 11.5 Å². The molecule has 0 aromatic heterocycles. The molecule has 0 atom stereocenters. The second-order valence-corrected chi connectivity index (χ2v) is 7.33. The lowest BCUT2D eigenvalue weighted by Crippen LogP contribution is -2.17. The van der Waals surface area contributed by atoms with Crippen LogP contribution in [0.2, 0.25) is 5.02 Å². The van der Waals surface area contributed by atoms with Crippen molar-refractivity contribution in [3.05, 3.63) is 94.5 Å². The second-order valence-electron chi connectivity index (χ2n) is 6.89. The maximum absolute atomic E-state index is 12.3. The molecular weight excluding hydrogens is 428 g/mol. The minimum Gasteiger partial charge on any atom is -0.494 e. The molecule has 0 aliphatic rings.